The maximum atomic E-state index is 12.7. The Morgan fingerprint density at radius 2 is 1.70 bits per heavy atom. The van der Waals surface area contributed by atoms with Gasteiger partial charge in [0.2, 0.25) is 0 Å². The summed E-state index contributed by atoms with van der Waals surface area (Å²) in [4.78, 5) is 15.1. The lowest BCUT2D eigenvalue weighted by Crippen LogP contribution is -2.29. The molecule has 0 aliphatic carbocycles. The second kappa shape index (κ2) is 10.9. The number of anilines is 1. The number of benzene rings is 3. The van der Waals surface area contributed by atoms with Crippen LogP contribution in [0.3, 0.4) is 0 Å². The first-order valence-corrected chi connectivity index (χ1v) is 11.6. The van der Waals surface area contributed by atoms with Gasteiger partial charge in [-0.25, -0.2) is 0 Å². The third-order valence-electron chi connectivity index (χ3n) is 6.08. The summed E-state index contributed by atoms with van der Waals surface area (Å²) in [5.41, 5.74) is 4.84. The van der Waals surface area contributed by atoms with Gasteiger partial charge in [0, 0.05) is 29.9 Å². The Bertz CT molecular complexity index is 1110. The number of ether oxygens (including phenoxy) is 2. The summed E-state index contributed by atoms with van der Waals surface area (Å²) in [7, 11) is 1.65. The van der Waals surface area contributed by atoms with Crippen molar-refractivity contribution in [3.05, 3.63) is 95.1 Å². The molecule has 3 aromatic carbocycles. The minimum atomic E-state index is -0.00581. The van der Waals surface area contributed by atoms with E-state index >= 15 is 0 Å². The monoisotopic (exact) mass is 441 g/mol. The summed E-state index contributed by atoms with van der Waals surface area (Å²) in [5.74, 6) is 1.61. The number of hydrogen-bond donors (Lipinski definition) is 0. The van der Waals surface area contributed by atoms with Crippen molar-refractivity contribution in [3.8, 4) is 11.5 Å². The standard InChI is InChI=1S/C29H31NO3/c1-22-8-4-5-9-28(22)33-21-25-20-23(11-17-29(25)32-2)10-16-27(31)24-12-14-26(15-13-24)30-18-6-3-7-19-30/h4-5,8-17,20H,3,6-7,18-19,21H2,1-2H3/b16-10+. The quantitative estimate of drug-likeness (QED) is 0.297. The fourth-order valence-electron chi connectivity index (χ4n) is 4.15. The van der Waals surface area contributed by atoms with Crippen molar-refractivity contribution in [1.29, 1.82) is 0 Å². The van der Waals surface area contributed by atoms with E-state index in [1.165, 1.54) is 24.9 Å². The Morgan fingerprint density at radius 1 is 0.939 bits per heavy atom. The van der Waals surface area contributed by atoms with Crippen LogP contribution in [-0.4, -0.2) is 26.0 Å². The van der Waals surface area contributed by atoms with Crippen LogP contribution in [0.2, 0.25) is 0 Å². The molecule has 0 bridgehead atoms. The second-order valence-corrected chi connectivity index (χ2v) is 8.42. The molecule has 3 aromatic rings. The number of nitrogens with zero attached hydrogens (tertiary/aromatic N) is 1. The van der Waals surface area contributed by atoms with Gasteiger partial charge in [-0.1, -0.05) is 30.3 Å². The summed E-state index contributed by atoms with van der Waals surface area (Å²) in [6.45, 7) is 4.61. The summed E-state index contributed by atoms with van der Waals surface area (Å²) >= 11 is 0. The van der Waals surface area contributed by atoms with Gasteiger partial charge in [0.1, 0.15) is 18.1 Å². The first kappa shape index (κ1) is 22.7. The molecule has 1 heterocycles. The number of para-hydroxylation sites is 1. The molecule has 1 saturated heterocycles. The van der Waals surface area contributed by atoms with Crippen LogP contribution < -0.4 is 14.4 Å². The smallest absolute Gasteiger partial charge is 0.185 e. The average molecular weight is 442 g/mol. The highest BCUT2D eigenvalue weighted by atomic mass is 16.5. The molecule has 4 rings (SSSR count). The minimum Gasteiger partial charge on any atom is -0.496 e. The fraction of sp³-hybridized carbons (Fsp3) is 0.276. The minimum absolute atomic E-state index is 0.00581. The zero-order valence-corrected chi connectivity index (χ0v) is 19.4. The summed E-state index contributed by atoms with van der Waals surface area (Å²) < 4.78 is 11.5. The topological polar surface area (TPSA) is 38.8 Å². The van der Waals surface area contributed by atoms with Crippen molar-refractivity contribution in [2.75, 3.05) is 25.1 Å². The Morgan fingerprint density at radius 3 is 2.42 bits per heavy atom. The van der Waals surface area contributed by atoms with Crippen molar-refractivity contribution in [3.63, 3.8) is 0 Å². The SMILES string of the molecule is COc1ccc(/C=C/C(=O)c2ccc(N3CCCCC3)cc2)cc1COc1ccccc1C. The van der Waals surface area contributed by atoms with Crippen molar-refractivity contribution < 1.29 is 14.3 Å². The number of aryl methyl sites for hydroxylation is 1. The van der Waals surface area contributed by atoms with Gasteiger partial charge in [-0.15, -0.1) is 0 Å². The molecule has 0 amide bonds. The van der Waals surface area contributed by atoms with E-state index in [9.17, 15) is 4.79 Å². The highest BCUT2D eigenvalue weighted by molar-refractivity contribution is 6.07. The fourth-order valence-corrected chi connectivity index (χ4v) is 4.15. The lowest BCUT2D eigenvalue weighted by molar-refractivity contribution is 0.104. The van der Waals surface area contributed by atoms with Gasteiger partial charge < -0.3 is 14.4 Å². The second-order valence-electron chi connectivity index (χ2n) is 8.42. The van der Waals surface area contributed by atoms with E-state index in [0.717, 1.165) is 41.3 Å². The molecule has 0 N–H and O–H groups in total. The molecule has 1 aliphatic heterocycles. The zero-order chi connectivity index (χ0) is 23.0. The largest absolute Gasteiger partial charge is 0.496 e. The van der Waals surface area contributed by atoms with Gasteiger partial charge >= 0.3 is 0 Å². The molecule has 170 valence electrons. The van der Waals surface area contributed by atoms with Gasteiger partial charge in [-0.2, -0.15) is 0 Å². The lowest BCUT2D eigenvalue weighted by Gasteiger charge is -2.28. The molecule has 0 radical (unpaired) electrons. The molecule has 0 unspecified atom stereocenters. The molecule has 0 atom stereocenters. The molecule has 1 fully saturated rings. The maximum absolute atomic E-state index is 12.7. The first-order chi connectivity index (χ1) is 16.1. The van der Waals surface area contributed by atoms with Crippen LogP contribution >= 0.6 is 0 Å². The number of allylic oxidation sites excluding steroid dienone is 1. The van der Waals surface area contributed by atoms with Gasteiger partial charge in [0.05, 0.1) is 7.11 Å². The van der Waals surface area contributed by atoms with Crippen LogP contribution in [0.1, 0.15) is 46.3 Å². The molecule has 4 heteroatoms. The van der Waals surface area contributed by atoms with Crippen LogP contribution in [0.25, 0.3) is 6.08 Å². The highest BCUT2D eigenvalue weighted by Crippen LogP contribution is 2.25. The normalized spacial score (nSPS) is 13.8. The van der Waals surface area contributed by atoms with Gasteiger partial charge in [0.25, 0.3) is 0 Å². The third kappa shape index (κ3) is 5.83. The molecule has 0 saturated carbocycles. The van der Waals surface area contributed by atoms with Crippen molar-refractivity contribution in [1.82, 2.24) is 0 Å². The van der Waals surface area contributed by atoms with Gasteiger partial charge in [-0.05, 0) is 85.9 Å². The summed E-state index contributed by atoms with van der Waals surface area (Å²) in [6.07, 6.45) is 7.26. The van der Waals surface area contributed by atoms with Crippen molar-refractivity contribution >= 4 is 17.5 Å². The first-order valence-electron chi connectivity index (χ1n) is 11.6. The predicted molar refractivity (Wildman–Crippen MR) is 134 cm³/mol. The predicted octanol–water partition coefficient (Wildman–Crippen LogP) is 6.47. The zero-order valence-electron chi connectivity index (χ0n) is 19.4. The molecule has 1 aliphatic rings. The van der Waals surface area contributed by atoms with Crippen LogP contribution in [0.4, 0.5) is 5.69 Å². The summed E-state index contributed by atoms with van der Waals surface area (Å²) in [6, 6.07) is 21.8. The van der Waals surface area contributed by atoms with E-state index in [1.54, 1.807) is 13.2 Å². The number of rotatable bonds is 8. The maximum Gasteiger partial charge on any atom is 0.185 e. The number of carbonyl (C=O) groups is 1. The van der Waals surface area contributed by atoms with E-state index in [1.807, 2.05) is 67.6 Å². The molecule has 33 heavy (non-hydrogen) atoms. The number of hydrogen-bond acceptors (Lipinski definition) is 4. The van der Waals surface area contributed by atoms with Crippen LogP contribution in [-0.2, 0) is 6.61 Å². The Kier molecular flexibility index (Phi) is 7.46. The molecular formula is C29H31NO3. The molecule has 0 aromatic heterocycles. The summed E-state index contributed by atoms with van der Waals surface area (Å²) in [5, 5.41) is 0. The number of piperidine rings is 1. The van der Waals surface area contributed by atoms with E-state index in [0.29, 0.717) is 12.2 Å². The van der Waals surface area contributed by atoms with E-state index < -0.39 is 0 Å². The van der Waals surface area contributed by atoms with Crippen molar-refractivity contribution in [2.45, 2.75) is 32.8 Å². The average Bonchev–Trinajstić information content (AvgIpc) is 2.87. The molecule has 4 nitrogen and oxygen atoms in total. The van der Waals surface area contributed by atoms with E-state index in [-0.39, 0.29) is 5.78 Å². The van der Waals surface area contributed by atoms with Gasteiger partial charge in [-0.3, -0.25) is 4.79 Å². The third-order valence-corrected chi connectivity index (χ3v) is 6.08. The van der Waals surface area contributed by atoms with Crippen LogP contribution in [0, 0.1) is 6.92 Å². The number of carbonyl (C=O) groups excluding carboxylic acids is 1. The van der Waals surface area contributed by atoms with Gasteiger partial charge in [0.15, 0.2) is 5.78 Å². The van der Waals surface area contributed by atoms with E-state index in [2.05, 4.69) is 17.0 Å². The van der Waals surface area contributed by atoms with Crippen LogP contribution in [0.5, 0.6) is 11.5 Å². The highest BCUT2D eigenvalue weighted by Gasteiger charge is 2.11. The van der Waals surface area contributed by atoms with Crippen LogP contribution in [0.15, 0.2) is 72.8 Å². The van der Waals surface area contributed by atoms with Crippen molar-refractivity contribution in [2.24, 2.45) is 0 Å². The molecular weight excluding hydrogens is 410 g/mol. The Hall–Kier alpha value is -3.53. The van der Waals surface area contributed by atoms with E-state index in [4.69, 9.17) is 9.47 Å². The lowest BCUT2D eigenvalue weighted by atomic mass is 10.1. The number of methoxy groups -OCH3 is 1. The molecule has 0 spiro atoms. The number of ketones is 1. The Balaban J connectivity index is 1.43. The Labute approximate surface area is 196 Å².